The highest BCUT2D eigenvalue weighted by atomic mass is 16.7. The third kappa shape index (κ3) is 5.87. The first-order valence-corrected chi connectivity index (χ1v) is 16.1. The highest BCUT2D eigenvalue weighted by Crippen LogP contribution is 2.52. The largest absolute Gasteiger partial charge is 0.507 e. The van der Waals surface area contributed by atoms with E-state index < -0.39 is 76.3 Å². The molecule has 3 aromatic rings. The van der Waals surface area contributed by atoms with Gasteiger partial charge < -0.3 is 40.4 Å². The zero-order chi connectivity index (χ0) is 35.4. The van der Waals surface area contributed by atoms with E-state index in [9.17, 15) is 34.8 Å². The van der Waals surface area contributed by atoms with Crippen LogP contribution in [0.4, 0.5) is 0 Å². The standard InChI is InChI=1S/C36H39N3O10/c1-5-18-9-11-19(12-10-18)35(45)39-38-17(3)36(46)14-21-27(24(15-36)49-25-13-22(37)30(40)16(2)48-25)34(44)29-28(32(21)42)31(41)20-7-6-8-23(47-4)26(20)33(29)43/h6-12,16,22,24-25,30,40,42,44,46H,5,13-15,37H2,1-4H3,(H,39,45)/b38-17+. The lowest BCUT2D eigenvalue weighted by atomic mass is 9.71. The number of carbonyl (C=O) groups is 3. The smallest absolute Gasteiger partial charge is 0.271 e. The predicted molar refractivity (Wildman–Crippen MR) is 176 cm³/mol. The van der Waals surface area contributed by atoms with Gasteiger partial charge in [-0.1, -0.05) is 31.2 Å². The van der Waals surface area contributed by atoms with E-state index in [-0.39, 0.29) is 53.0 Å². The van der Waals surface area contributed by atoms with Crippen molar-refractivity contribution in [2.45, 2.75) is 82.7 Å². The lowest BCUT2D eigenvalue weighted by Crippen LogP contribution is -2.52. The number of aryl methyl sites for hydroxylation is 1. The molecule has 3 aliphatic rings. The number of nitrogens with two attached hydrogens (primary N) is 1. The molecule has 0 aromatic heterocycles. The molecule has 6 rings (SSSR count). The molecule has 1 fully saturated rings. The van der Waals surface area contributed by atoms with Crippen LogP contribution in [0.2, 0.25) is 0 Å². The van der Waals surface area contributed by atoms with E-state index in [4.69, 9.17) is 19.9 Å². The molecule has 0 saturated carbocycles. The van der Waals surface area contributed by atoms with Crippen LogP contribution in [-0.4, -0.2) is 80.9 Å². The van der Waals surface area contributed by atoms with Gasteiger partial charge in [0.05, 0.1) is 47.8 Å². The second-order valence-electron chi connectivity index (χ2n) is 12.8. The summed E-state index contributed by atoms with van der Waals surface area (Å²) in [5.74, 6) is -3.07. The van der Waals surface area contributed by atoms with Gasteiger partial charge in [-0.2, -0.15) is 5.10 Å². The number of ether oxygens (including phenoxy) is 3. The van der Waals surface area contributed by atoms with Crippen molar-refractivity contribution in [1.29, 1.82) is 0 Å². The maximum atomic E-state index is 13.9. The maximum Gasteiger partial charge on any atom is 0.271 e. The molecule has 258 valence electrons. The molecule has 13 heteroatoms. The molecule has 6 atom stereocenters. The van der Waals surface area contributed by atoms with E-state index in [1.807, 2.05) is 19.1 Å². The third-order valence-corrected chi connectivity index (χ3v) is 9.77. The molecular formula is C36H39N3O10. The van der Waals surface area contributed by atoms with E-state index in [1.165, 1.54) is 32.2 Å². The number of phenolic OH excluding ortho intramolecular Hbond substituents is 2. The van der Waals surface area contributed by atoms with Crippen LogP contribution in [0.1, 0.15) is 98.6 Å². The molecular weight excluding hydrogens is 634 g/mol. The second-order valence-corrected chi connectivity index (χ2v) is 12.8. The SMILES string of the molecule is CCc1ccc(C(=O)N/N=C(\C)C2(O)Cc3c(O)c4c(c(O)c3C(OC3CC(N)C(O)C(C)O3)C2)C(=O)c2c(OC)cccc2C4=O)cc1. The number of methoxy groups -OCH3 is 1. The number of fused-ring (bicyclic) bond motifs is 3. The van der Waals surface area contributed by atoms with E-state index in [0.29, 0.717) is 5.56 Å². The highest BCUT2D eigenvalue weighted by Gasteiger charge is 2.49. The minimum atomic E-state index is -1.89. The lowest BCUT2D eigenvalue weighted by Gasteiger charge is -2.42. The summed E-state index contributed by atoms with van der Waals surface area (Å²) in [6.07, 6.45) is -3.71. The van der Waals surface area contributed by atoms with E-state index in [2.05, 4.69) is 10.5 Å². The van der Waals surface area contributed by atoms with Gasteiger partial charge in [0.1, 0.15) is 22.8 Å². The molecule has 2 aliphatic carbocycles. The summed E-state index contributed by atoms with van der Waals surface area (Å²) in [4.78, 5) is 40.7. The summed E-state index contributed by atoms with van der Waals surface area (Å²) in [6, 6.07) is 10.7. The summed E-state index contributed by atoms with van der Waals surface area (Å²) < 4.78 is 17.5. The van der Waals surface area contributed by atoms with Crippen molar-refractivity contribution in [1.82, 2.24) is 5.43 Å². The monoisotopic (exact) mass is 673 g/mol. The first-order valence-electron chi connectivity index (χ1n) is 16.1. The van der Waals surface area contributed by atoms with Gasteiger partial charge in [0.15, 0.2) is 12.1 Å². The number of nitrogens with one attached hydrogen (secondary N) is 1. The lowest BCUT2D eigenvalue weighted by molar-refractivity contribution is -0.245. The van der Waals surface area contributed by atoms with Crippen LogP contribution in [0.3, 0.4) is 0 Å². The van der Waals surface area contributed by atoms with Crippen molar-refractivity contribution in [3.63, 3.8) is 0 Å². The summed E-state index contributed by atoms with van der Waals surface area (Å²) in [7, 11) is 1.35. The Bertz CT molecular complexity index is 1860. The van der Waals surface area contributed by atoms with Crippen molar-refractivity contribution < 1.29 is 49.0 Å². The molecule has 1 saturated heterocycles. The average molecular weight is 674 g/mol. The molecule has 13 nitrogen and oxygen atoms in total. The number of rotatable bonds is 7. The Hall–Kier alpha value is -4.66. The van der Waals surface area contributed by atoms with Gasteiger partial charge in [0.2, 0.25) is 5.78 Å². The van der Waals surface area contributed by atoms with Gasteiger partial charge >= 0.3 is 0 Å². The van der Waals surface area contributed by atoms with Gasteiger partial charge in [-0.3, -0.25) is 14.4 Å². The van der Waals surface area contributed by atoms with Crippen molar-refractivity contribution in [2.24, 2.45) is 10.8 Å². The fraction of sp³-hybridized carbons (Fsp3) is 0.389. The Labute approximate surface area is 282 Å². The summed E-state index contributed by atoms with van der Waals surface area (Å²) in [5, 5.41) is 50.2. The molecule has 0 radical (unpaired) electrons. The molecule has 0 spiro atoms. The zero-order valence-corrected chi connectivity index (χ0v) is 27.5. The number of aliphatic hydroxyl groups excluding tert-OH is 1. The average Bonchev–Trinajstić information content (AvgIpc) is 3.09. The number of aromatic hydroxyl groups is 2. The van der Waals surface area contributed by atoms with E-state index in [0.717, 1.165) is 12.0 Å². The molecule has 49 heavy (non-hydrogen) atoms. The van der Waals surface area contributed by atoms with Crippen LogP contribution in [0.5, 0.6) is 17.2 Å². The van der Waals surface area contributed by atoms with Gasteiger partial charge in [-0.25, -0.2) is 5.43 Å². The predicted octanol–water partition coefficient (Wildman–Crippen LogP) is 2.81. The topological polar surface area (TPSA) is 210 Å². The summed E-state index contributed by atoms with van der Waals surface area (Å²) >= 11 is 0. The Morgan fingerprint density at radius 3 is 2.43 bits per heavy atom. The van der Waals surface area contributed by atoms with Crippen LogP contribution >= 0.6 is 0 Å². The molecule has 1 amide bonds. The van der Waals surface area contributed by atoms with Crippen LogP contribution in [0.15, 0.2) is 47.6 Å². The number of amides is 1. The Balaban J connectivity index is 1.43. The molecule has 1 aliphatic heterocycles. The normalized spacial score (nSPS) is 26.4. The Morgan fingerprint density at radius 2 is 1.78 bits per heavy atom. The number of hydrazone groups is 1. The van der Waals surface area contributed by atoms with Crippen molar-refractivity contribution in [2.75, 3.05) is 7.11 Å². The number of aliphatic hydroxyl groups is 2. The van der Waals surface area contributed by atoms with Crippen LogP contribution in [0.25, 0.3) is 0 Å². The quantitative estimate of drug-likeness (QED) is 0.0954. The number of ketones is 2. The fourth-order valence-electron chi connectivity index (χ4n) is 6.86. The van der Waals surface area contributed by atoms with Crippen LogP contribution < -0.4 is 15.9 Å². The summed E-state index contributed by atoms with van der Waals surface area (Å²) in [6.45, 7) is 5.11. The van der Waals surface area contributed by atoms with Crippen molar-refractivity contribution >= 4 is 23.2 Å². The molecule has 1 heterocycles. The van der Waals surface area contributed by atoms with Gasteiger partial charge in [0.25, 0.3) is 5.91 Å². The van der Waals surface area contributed by atoms with Gasteiger partial charge in [-0.15, -0.1) is 0 Å². The number of hydrogen-bond acceptors (Lipinski definition) is 12. The maximum absolute atomic E-state index is 13.9. The fourth-order valence-corrected chi connectivity index (χ4v) is 6.86. The minimum absolute atomic E-state index is 0.0186. The number of phenols is 2. The number of carbonyl (C=O) groups excluding carboxylic acids is 3. The van der Waals surface area contributed by atoms with E-state index >= 15 is 0 Å². The molecule has 7 N–H and O–H groups in total. The Kier molecular flexibility index (Phi) is 9.07. The first kappa shape index (κ1) is 34.2. The number of benzene rings is 3. The summed E-state index contributed by atoms with van der Waals surface area (Å²) in [5.41, 5.74) is 7.17. The minimum Gasteiger partial charge on any atom is -0.507 e. The van der Waals surface area contributed by atoms with Crippen molar-refractivity contribution in [3.8, 4) is 17.2 Å². The first-order chi connectivity index (χ1) is 23.3. The van der Waals surface area contributed by atoms with E-state index in [1.54, 1.807) is 19.1 Å². The number of nitrogens with zero attached hydrogens (tertiary/aromatic N) is 1. The number of hydrogen-bond donors (Lipinski definition) is 6. The van der Waals surface area contributed by atoms with Gasteiger partial charge in [0, 0.05) is 47.6 Å². The Morgan fingerprint density at radius 1 is 1.08 bits per heavy atom. The highest BCUT2D eigenvalue weighted by molar-refractivity contribution is 6.31. The molecule has 3 aromatic carbocycles. The zero-order valence-electron chi connectivity index (χ0n) is 27.5. The van der Waals surface area contributed by atoms with Crippen LogP contribution in [-0.2, 0) is 22.3 Å². The third-order valence-electron chi connectivity index (χ3n) is 9.77. The van der Waals surface area contributed by atoms with Gasteiger partial charge in [-0.05, 0) is 44.0 Å². The molecule has 6 unspecified atom stereocenters. The van der Waals surface area contributed by atoms with Crippen LogP contribution in [0, 0.1) is 0 Å². The second kappa shape index (κ2) is 13.0. The molecule has 0 bridgehead atoms. The van der Waals surface area contributed by atoms with Crippen molar-refractivity contribution in [3.05, 3.63) is 87.0 Å².